The Morgan fingerprint density at radius 1 is 1.10 bits per heavy atom. The molecule has 0 saturated heterocycles. The zero-order chi connectivity index (χ0) is 15.4. The summed E-state index contributed by atoms with van der Waals surface area (Å²) in [5, 5.41) is 3.51. The summed E-state index contributed by atoms with van der Waals surface area (Å²) in [7, 11) is 5.46. The summed E-state index contributed by atoms with van der Waals surface area (Å²) in [6.07, 6.45) is 3.86. The molecule has 2 rings (SSSR count). The quantitative estimate of drug-likeness (QED) is 0.888. The molecule has 1 aromatic rings. The first kappa shape index (κ1) is 16.2. The van der Waals surface area contributed by atoms with Crippen LogP contribution in [-0.2, 0) is 0 Å². The average molecular weight is 291 g/mol. The fraction of sp³-hybridized carbons (Fsp3) is 0.667. The molecule has 0 bridgehead atoms. The molecule has 0 aliphatic heterocycles. The van der Waals surface area contributed by atoms with E-state index >= 15 is 0 Å². The van der Waals surface area contributed by atoms with E-state index in [0.29, 0.717) is 12.0 Å². The van der Waals surface area contributed by atoms with Gasteiger partial charge in [-0.15, -0.1) is 0 Å². The lowest BCUT2D eigenvalue weighted by Gasteiger charge is -2.37. The van der Waals surface area contributed by atoms with Crippen molar-refractivity contribution in [3.05, 3.63) is 23.8 Å². The molecule has 3 nitrogen and oxygen atoms in total. The van der Waals surface area contributed by atoms with Gasteiger partial charge in [-0.25, -0.2) is 0 Å². The number of para-hydroxylation sites is 1. The van der Waals surface area contributed by atoms with Gasteiger partial charge in [-0.3, -0.25) is 0 Å². The fourth-order valence-electron chi connectivity index (χ4n) is 3.69. The van der Waals surface area contributed by atoms with Crippen molar-refractivity contribution in [1.29, 1.82) is 0 Å². The van der Waals surface area contributed by atoms with E-state index in [9.17, 15) is 0 Å². The van der Waals surface area contributed by atoms with Crippen LogP contribution in [0.15, 0.2) is 18.2 Å². The van der Waals surface area contributed by atoms with E-state index in [4.69, 9.17) is 9.47 Å². The van der Waals surface area contributed by atoms with Gasteiger partial charge < -0.3 is 14.8 Å². The molecule has 1 aliphatic carbocycles. The van der Waals surface area contributed by atoms with Gasteiger partial charge in [0, 0.05) is 11.6 Å². The molecule has 4 unspecified atom stereocenters. The molecule has 0 amide bonds. The molecule has 1 N–H and O–H groups in total. The van der Waals surface area contributed by atoms with Crippen LogP contribution in [0.1, 0.15) is 44.7 Å². The Morgan fingerprint density at radius 3 is 2.43 bits per heavy atom. The van der Waals surface area contributed by atoms with E-state index in [2.05, 4.69) is 31.3 Å². The predicted molar refractivity (Wildman–Crippen MR) is 87.0 cm³/mol. The van der Waals surface area contributed by atoms with Crippen molar-refractivity contribution in [2.75, 3.05) is 21.3 Å². The Hall–Kier alpha value is -1.22. The Morgan fingerprint density at radius 2 is 1.86 bits per heavy atom. The van der Waals surface area contributed by atoms with Gasteiger partial charge in [0.2, 0.25) is 0 Å². The molecule has 0 heterocycles. The van der Waals surface area contributed by atoms with Crippen molar-refractivity contribution in [2.45, 2.75) is 39.2 Å². The lowest BCUT2D eigenvalue weighted by Crippen LogP contribution is -2.31. The van der Waals surface area contributed by atoms with Gasteiger partial charge in [-0.05, 0) is 43.7 Å². The summed E-state index contributed by atoms with van der Waals surface area (Å²) in [6, 6.07) is 6.49. The molecule has 0 aromatic heterocycles. The first-order chi connectivity index (χ1) is 10.1. The summed E-state index contributed by atoms with van der Waals surface area (Å²) in [5.41, 5.74) is 1.21. The van der Waals surface area contributed by atoms with Gasteiger partial charge in [-0.1, -0.05) is 32.4 Å². The number of hydrogen-bond donors (Lipinski definition) is 1. The second kappa shape index (κ2) is 7.17. The molecule has 4 atom stereocenters. The number of hydrogen-bond acceptors (Lipinski definition) is 3. The number of methoxy groups -OCH3 is 2. The maximum atomic E-state index is 5.62. The van der Waals surface area contributed by atoms with Crippen LogP contribution < -0.4 is 14.8 Å². The maximum absolute atomic E-state index is 5.62. The second-order valence-electron chi connectivity index (χ2n) is 6.38. The molecule has 0 radical (unpaired) electrons. The zero-order valence-electron chi connectivity index (χ0n) is 14.0. The van der Waals surface area contributed by atoms with Crippen molar-refractivity contribution in [3.8, 4) is 11.5 Å². The topological polar surface area (TPSA) is 30.5 Å². The van der Waals surface area contributed by atoms with Crippen molar-refractivity contribution in [2.24, 2.45) is 17.8 Å². The van der Waals surface area contributed by atoms with Crippen LogP contribution in [0.25, 0.3) is 0 Å². The zero-order valence-corrected chi connectivity index (χ0v) is 14.0. The molecule has 1 saturated carbocycles. The standard InChI is InChI=1S/C18H29NO2/c1-12-9-10-14(11-13(12)2)17(19-3)15-7-6-8-16(20-4)18(15)21-5/h6-8,12-14,17,19H,9-11H2,1-5H3. The van der Waals surface area contributed by atoms with Crippen LogP contribution in [0.2, 0.25) is 0 Å². The van der Waals surface area contributed by atoms with E-state index in [1.54, 1.807) is 14.2 Å². The summed E-state index contributed by atoms with van der Waals surface area (Å²) >= 11 is 0. The van der Waals surface area contributed by atoms with E-state index in [1.165, 1.54) is 24.8 Å². The molecule has 1 aromatic carbocycles. The van der Waals surface area contributed by atoms with Crippen LogP contribution in [-0.4, -0.2) is 21.3 Å². The highest BCUT2D eigenvalue weighted by molar-refractivity contribution is 5.48. The summed E-state index contributed by atoms with van der Waals surface area (Å²) in [6.45, 7) is 4.76. The van der Waals surface area contributed by atoms with Gasteiger partial charge in [0.05, 0.1) is 14.2 Å². The fourth-order valence-corrected chi connectivity index (χ4v) is 3.69. The molecule has 3 heteroatoms. The molecular formula is C18H29NO2. The van der Waals surface area contributed by atoms with Crippen molar-refractivity contribution >= 4 is 0 Å². The molecule has 0 spiro atoms. The van der Waals surface area contributed by atoms with Crippen LogP contribution in [0.3, 0.4) is 0 Å². The van der Waals surface area contributed by atoms with Crippen molar-refractivity contribution in [1.82, 2.24) is 5.32 Å². The van der Waals surface area contributed by atoms with Gasteiger partial charge >= 0.3 is 0 Å². The third-order valence-electron chi connectivity index (χ3n) is 5.19. The van der Waals surface area contributed by atoms with E-state index in [0.717, 1.165) is 23.3 Å². The first-order valence-electron chi connectivity index (χ1n) is 8.00. The smallest absolute Gasteiger partial charge is 0.165 e. The van der Waals surface area contributed by atoms with Crippen LogP contribution in [0, 0.1) is 17.8 Å². The Bertz CT molecular complexity index is 461. The third-order valence-corrected chi connectivity index (χ3v) is 5.19. The summed E-state index contributed by atoms with van der Waals surface area (Å²) in [5.74, 6) is 3.96. The molecule has 1 aliphatic rings. The van der Waals surface area contributed by atoms with Gasteiger partial charge in [0.25, 0.3) is 0 Å². The number of rotatable bonds is 5. The van der Waals surface area contributed by atoms with Gasteiger partial charge in [-0.2, -0.15) is 0 Å². The molecular weight excluding hydrogens is 262 g/mol. The van der Waals surface area contributed by atoms with Crippen LogP contribution in [0.5, 0.6) is 11.5 Å². The lowest BCUT2D eigenvalue weighted by molar-refractivity contribution is 0.173. The minimum atomic E-state index is 0.324. The highest BCUT2D eigenvalue weighted by Gasteiger charge is 2.32. The van der Waals surface area contributed by atoms with Gasteiger partial charge in [0.1, 0.15) is 0 Å². The minimum Gasteiger partial charge on any atom is -0.493 e. The molecule has 21 heavy (non-hydrogen) atoms. The van der Waals surface area contributed by atoms with Gasteiger partial charge in [0.15, 0.2) is 11.5 Å². The monoisotopic (exact) mass is 291 g/mol. The number of ether oxygens (including phenoxy) is 2. The molecule has 1 fully saturated rings. The summed E-state index contributed by atoms with van der Waals surface area (Å²) < 4.78 is 11.1. The minimum absolute atomic E-state index is 0.324. The van der Waals surface area contributed by atoms with E-state index in [-0.39, 0.29) is 0 Å². The number of benzene rings is 1. The first-order valence-corrected chi connectivity index (χ1v) is 8.00. The largest absolute Gasteiger partial charge is 0.493 e. The SMILES string of the molecule is CNC(c1cccc(OC)c1OC)C1CCC(C)C(C)C1. The van der Waals surface area contributed by atoms with Crippen LogP contribution >= 0.6 is 0 Å². The Kier molecular flexibility index (Phi) is 5.51. The highest BCUT2D eigenvalue weighted by atomic mass is 16.5. The normalized spacial score (nSPS) is 27.2. The average Bonchev–Trinajstić information content (AvgIpc) is 2.51. The lowest BCUT2D eigenvalue weighted by atomic mass is 9.72. The Labute approximate surface area is 129 Å². The highest BCUT2D eigenvalue weighted by Crippen LogP contribution is 2.43. The second-order valence-corrected chi connectivity index (χ2v) is 6.38. The molecule has 118 valence electrons. The summed E-state index contributed by atoms with van der Waals surface area (Å²) in [4.78, 5) is 0. The maximum Gasteiger partial charge on any atom is 0.165 e. The Balaban J connectivity index is 2.29. The van der Waals surface area contributed by atoms with Crippen molar-refractivity contribution < 1.29 is 9.47 Å². The van der Waals surface area contributed by atoms with E-state index in [1.807, 2.05) is 13.1 Å². The number of nitrogens with one attached hydrogen (secondary N) is 1. The third kappa shape index (κ3) is 3.34. The van der Waals surface area contributed by atoms with Crippen molar-refractivity contribution in [3.63, 3.8) is 0 Å². The predicted octanol–water partition coefficient (Wildman–Crippen LogP) is 4.04. The van der Waals surface area contributed by atoms with Crippen LogP contribution in [0.4, 0.5) is 0 Å². The van der Waals surface area contributed by atoms with E-state index < -0.39 is 0 Å².